The molecule has 0 aliphatic rings. The first-order valence-corrected chi connectivity index (χ1v) is 10.3. The highest BCUT2D eigenvalue weighted by atomic mass is 16.7. The van der Waals surface area contributed by atoms with Gasteiger partial charge in [-0.05, 0) is 6.08 Å². The van der Waals surface area contributed by atoms with Crippen LogP contribution in [0.25, 0.3) is 16.7 Å². The minimum absolute atomic E-state index is 0.132. The molecule has 35 heavy (non-hydrogen) atoms. The van der Waals surface area contributed by atoms with Crippen LogP contribution in [0.15, 0.2) is 118 Å². The summed E-state index contributed by atoms with van der Waals surface area (Å²) in [4.78, 5) is 24.4. The van der Waals surface area contributed by atoms with E-state index < -0.39 is 5.97 Å². The summed E-state index contributed by atoms with van der Waals surface area (Å²) in [5.41, 5.74) is 1.31. The van der Waals surface area contributed by atoms with E-state index in [0.29, 0.717) is 17.0 Å². The molecule has 0 aliphatic heterocycles. The molecule has 0 saturated heterocycles. The van der Waals surface area contributed by atoms with Gasteiger partial charge in [0.15, 0.2) is 17.5 Å². The lowest BCUT2D eigenvalue weighted by atomic mass is 10.1. The molecular formula is C28H29N3O4. The van der Waals surface area contributed by atoms with Crippen molar-refractivity contribution in [3.63, 3.8) is 0 Å². The minimum atomic E-state index is -0.509. The van der Waals surface area contributed by atoms with Crippen molar-refractivity contribution in [1.29, 1.82) is 0 Å². The molecule has 0 unspecified atom stereocenters. The van der Waals surface area contributed by atoms with Gasteiger partial charge in [0.05, 0.1) is 5.57 Å². The van der Waals surface area contributed by atoms with E-state index in [4.69, 9.17) is 9.47 Å². The zero-order chi connectivity index (χ0) is 26.2. The van der Waals surface area contributed by atoms with Gasteiger partial charge in [0.25, 0.3) is 0 Å². The van der Waals surface area contributed by atoms with Gasteiger partial charge in [0.2, 0.25) is 6.79 Å². The van der Waals surface area contributed by atoms with Crippen molar-refractivity contribution in [2.75, 3.05) is 6.79 Å². The van der Waals surface area contributed by atoms with Crippen LogP contribution in [0.2, 0.25) is 0 Å². The van der Waals surface area contributed by atoms with Crippen LogP contribution < -0.4 is 0 Å². The summed E-state index contributed by atoms with van der Waals surface area (Å²) < 4.78 is 10.0. The molecule has 1 heterocycles. The number of nitrogens with zero attached hydrogens (tertiary/aromatic N) is 3. The Bertz CT molecular complexity index is 1160. The Morgan fingerprint density at radius 1 is 0.886 bits per heavy atom. The first kappa shape index (κ1) is 28.3. The SMILES string of the molecule is C=C/C=C\C(=C)c1nc(/C(C=C)=C(O)/C=C(\C=C)OCOC(C)=O)nc(C(/C=C\C=C)=C/C=C)n1. The molecule has 7 heteroatoms. The van der Waals surface area contributed by atoms with Crippen LogP contribution in [-0.2, 0) is 14.3 Å². The summed E-state index contributed by atoms with van der Waals surface area (Å²) in [7, 11) is 0. The second-order valence-electron chi connectivity index (χ2n) is 6.53. The van der Waals surface area contributed by atoms with E-state index in [1.54, 1.807) is 48.6 Å². The zero-order valence-electron chi connectivity index (χ0n) is 19.8. The predicted octanol–water partition coefficient (Wildman–Crippen LogP) is 6.00. The number of allylic oxidation sites excluding steroid dienone is 14. The van der Waals surface area contributed by atoms with Crippen molar-refractivity contribution in [1.82, 2.24) is 15.0 Å². The fourth-order valence-corrected chi connectivity index (χ4v) is 2.39. The third-order valence-corrected chi connectivity index (χ3v) is 4.01. The molecule has 0 bridgehead atoms. The Morgan fingerprint density at radius 2 is 1.51 bits per heavy atom. The molecule has 0 saturated carbocycles. The van der Waals surface area contributed by atoms with Gasteiger partial charge < -0.3 is 14.6 Å². The van der Waals surface area contributed by atoms with Crippen LogP contribution in [0.3, 0.4) is 0 Å². The molecule has 0 aliphatic carbocycles. The summed E-state index contributed by atoms with van der Waals surface area (Å²) >= 11 is 0. The molecule has 1 rings (SSSR count). The lowest BCUT2D eigenvalue weighted by molar-refractivity contribution is -0.150. The molecular weight excluding hydrogens is 442 g/mol. The van der Waals surface area contributed by atoms with Gasteiger partial charge in [-0.3, -0.25) is 4.79 Å². The topological polar surface area (TPSA) is 94.4 Å². The minimum Gasteiger partial charge on any atom is -0.507 e. The Balaban J connectivity index is 3.73. The highest BCUT2D eigenvalue weighted by molar-refractivity contribution is 5.78. The normalized spacial score (nSPS) is 12.6. The first-order valence-electron chi connectivity index (χ1n) is 10.3. The third kappa shape index (κ3) is 9.31. The van der Waals surface area contributed by atoms with E-state index in [-0.39, 0.29) is 35.5 Å². The number of ether oxygens (including phenoxy) is 2. The number of aromatic nitrogens is 3. The van der Waals surface area contributed by atoms with E-state index in [0.717, 1.165) is 0 Å². The van der Waals surface area contributed by atoms with Crippen LogP contribution in [0.5, 0.6) is 0 Å². The molecule has 7 nitrogen and oxygen atoms in total. The average molecular weight is 472 g/mol. The Morgan fingerprint density at radius 3 is 2.09 bits per heavy atom. The maximum Gasteiger partial charge on any atom is 0.305 e. The van der Waals surface area contributed by atoms with Gasteiger partial charge in [-0.15, -0.1) is 0 Å². The molecule has 180 valence electrons. The van der Waals surface area contributed by atoms with Gasteiger partial charge in [0, 0.05) is 24.1 Å². The fourth-order valence-electron chi connectivity index (χ4n) is 2.39. The second-order valence-corrected chi connectivity index (χ2v) is 6.53. The highest BCUT2D eigenvalue weighted by Crippen LogP contribution is 2.22. The lowest BCUT2D eigenvalue weighted by Crippen LogP contribution is -2.07. The second kappa shape index (κ2) is 15.1. The predicted molar refractivity (Wildman–Crippen MR) is 141 cm³/mol. The van der Waals surface area contributed by atoms with Crippen LogP contribution in [0, 0.1) is 0 Å². The van der Waals surface area contributed by atoms with Crippen molar-refractivity contribution in [3.05, 3.63) is 135 Å². The van der Waals surface area contributed by atoms with E-state index in [2.05, 4.69) is 54.4 Å². The van der Waals surface area contributed by atoms with Gasteiger partial charge in [-0.1, -0.05) is 94.2 Å². The Hall–Kier alpha value is -4.78. The smallest absolute Gasteiger partial charge is 0.305 e. The summed E-state index contributed by atoms with van der Waals surface area (Å²) in [5.74, 6) is 0.0942. The van der Waals surface area contributed by atoms with E-state index in [9.17, 15) is 9.90 Å². The van der Waals surface area contributed by atoms with Gasteiger partial charge in [0.1, 0.15) is 11.5 Å². The van der Waals surface area contributed by atoms with Gasteiger partial charge in [-0.2, -0.15) is 0 Å². The average Bonchev–Trinajstić information content (AvgIpc) is 2.84. The summed E-state index contributed by atoms with van der Waals surface area (Å²) in [6, 6.07) is 0. The van der Waals surface area contributed by atoms with Crippen molar-refractivity contribution < 1.29 is 19.4 Å². The van der Waals surface area contributed by atoms with E-state index >= 15 is 0 Å². The standard InChI is InChI=1S/C28H29N3O4/c1-8-13-16-20(6)26-29-27(22(15-10-3)17-14-9-2)31-28(30-26)24(12-5)25(33)18-23(11-4)35-19-34-21(7)32/h8-18,33H,1-6,19H2,7H3/b16-13-,17-14-,22-15+,23-18+,25-24-. The van der Waals surface area contributed by atoms with E-state index in [1.807, 2.05) is 0 Å². The van der Waals surface area contributed by atoms with Crippen molar-refractivity contribution >= 4 is 22.7 Å². The number of carbonyl (C=O) groups excluding carboxylic acids is 1. The molecule has 0 spiro atoms. The number of aliphatic hydroxyl groups is 1. The van der Waals surface area contributed by atoms with Crippen LogP contribution in [0.4, 0.5) is 0 Å². The molecule has 1 N–H and O–H groups in total. The fraction of sp³-hybridized carbons (Fsp3) is 0.0714. The third-order valence-electron chi connectivity index (χ3n) is 4.01. The van der Waals surface area contributed by atoms with Gasteiger partial charge >= 0.3 is 5.97 Å². The Labute approximate surface area is 206 Å². The number of rotatable bonds is 14. The summed E-state index contributed by atoms with van der Waals surface area (Å²) in [5, 5.41) is 10.8. The number of hydrogen-bond donors (Lipinski definition) is 1. The molecule has 0 aromatic carbocycles. The largest absolute Gasteiger partial charge is 0.507 e. The zero-order valence-corrected chi connectivity index (χ0v) is 19.8. The van der Waals surface area contributed by atoms with Crippen molar-refractivity contribution in [2.24, 2.45) is 0 Å². The van der Waals surface area contributed by atoms with Gasteiger partial charge in [-0.25, -0.2) is 15.0 Å². The maximum atomic E-state index is 10.9. The first-order chi connectivity index (χ1) is 16.8. The quantitative estimate of drug-likeness (QED) is 0.154. The number of hydrogen-bond acceptors (Lipinski definition) is 7. The maximum absolute atomic E-state index is 10.9. The molecule has 1 aromatic rings. The van der Waals surface area contributed by atoms with Crippen LogP contribution in [-0.4, -0.2) is 32.8 Å². The number of aliphatic hydroxyl groups excluding tert-OH is 1. The summed E-state index contributed by atoms with van der Waals surface area (Å²) in [6.45, 7) is 23.4. The lowest BCUT2D eigenvalue weighted by Gasteiger charge is -2.10. The summed E-state index contributed by atoms with van der Waals surface area (Å²) in [6.07, 6.45) is 17.4. The number of esters is 1. The molecule has 0 radical (unpaired) electrons. The van der Waals surface area contributed by atoms with Crippen LogP contribution >= 0.6 is 0 Å². The van der Waals surface area contributed by atoms with Crippen LogP contribution in [0.1, 0.15) is 24.4 Å². The highest BCUT2D eigenvalue weighted by Gasteiger charge is 2.15. The van der Waals surface area contributed by atoms with E-state index in [1.165, 1.54) is 25.2 Å². The molecule has 0 atom stereocenters. The molecule has 0 amide bonds. The van der Waals surface area contributed by atoms with Crippen molar-refractivity contribution in [3.8, 4) is 0 Å². The number of carbonyl (C=O) groups is 1. The Kier molecular flexibility index (Phi) is 12.2. The molecule has 1 aromatic heterocycles. The molecule has 0 fully saturated rings. The van der Waals surface area contributed by atoms with Crippen molar-refractivity contribution in [2.45, 2.75) is 6.92 Å². The monoisotopic (exact) mass is 471 g/mol.